The summed E-state index contributed by atoms with van der Waals surface area (Å²) >= 11 is 0. The average molecular weight is 533 g/mol. The van der Waals surface area contributed by atoms with Gasteiger partial charge in [-0.1, -0.05) is 45.0 Å². The first-order chi connectivity index (χ1) is 18.2. The predicted octanol–water partition coefficient (Wildman–Crippen LogP) is 3.02. The van der Waals surface area contributed by atoms with Crippen molar-refractivity contribution in [3.05, 3.63) is 70.8 Å². The summed E-state index contributed by atoms with van der Waals surface area (Å²) in [5.41, 5.74) is 8.09. The Hall–Kier alpha value is -2.88. The van der Waals surface area contributed by atoms with Crippen LogP contribution >= 0.6 is 0 Å². The van der Waals surface area contributed by atoms with Crippen LogP contribution in [0.2, 0.25) is 0 Å². The number of amides is 2. The van der Waals surface area contributed by atoms with E-state index in [2.05, 4.69) is 18.3 Å². The smallest absolute Gasteiger partial charge is 0.236 e. The van der Waals surface area contributed by atoms with Crippen LogP contribution in [0.25, 0.3) is 0 Å². The number of nitrogens with one attached hydrogen (secondary N) is 1. The fourth-order valence-electron chi connectivity index (χ4n) is 4.60. The normalized spacial score (nSPS) is 12.9. The van der Waals surface area contributed by atoms with Crippen LogP contribution in [0.4, 0.5) is 8.78 Å². The van der Waals surface area contributed by atoms with Crippen LogP contribution in [0.1, 0.15) is 50.3 Å². The van der Waals surface area contributed by atoms with Crippen LogP contribution in [0.15, 0.2) is 42.5 Å². The van der Waals surface area contributed by atoms with Crippen LogP contribution in [0.5, 0.6) is 0 Å². The molecule has 0 aromatic heterocycles. The summed E-state index contributed by atoms with van der Waals surface area (Å²) in [4.78, 5) is 28.4. The molecule has 4 N–H and O–H groups in total. The summed E-state index contributed by atoms with van der Waals surface area (Å²) in [5, 5.41) is 14.5. The lowest BCUT2D eigenvalue weighted by atomic mass is 9.98. The topological polar surface area (TPSA) is 98.9 Å². The molecular formula is C29H42F2N4O3. The maximum atomic E-state index is 14.0. The second kappa shape index (κ2) is 16.2. The zero-order valence-electron chi connectivity index (χ0n) is 22.8. The number of carbonyl (C=O) groups excluding carboxylic acids is 2. The van der Waals surface area contributed by atoms with Gasteiger partial charge >= 0.3 is 0 Å². The first-order valence-corrected chi connectivity index (χ1v) is 13.4. The van der Waals surface area contributed by atoms with E-state index < -0.39 is 29.7 Å². The van der Waals surface area contributed by atoms with Gasteiger partial charge in [0, 0.05) is 38.3 Å². The molecule has 0 radical (unpaired) electrons. The number of aryl methyl sites for hydroxylation is 1. The van der Waals surface area contributed by atoms with E-state index in [4.69, 9.17) is 5.73 Å². The summed E-state index contributed by atoms with van der Waals surface area (Å²) in [6.07, 6.45) is 1.42. The number of carbonyl (C=O) groups is 2. The Morgan fingerprint density at radius 2 is 1.58 bits per heavy atom. The second-order valence-corrected chi connectivity index (χ2v) is 9.67. The molecule has 2 aromatic carbocycles. The number of halogens is 2. The van der Waals surface area contributed by atoms with E-state index >= 15 is 0 Å². The van der Waals surface area contributed by atoms with E-state index in [9.17, 15) is 23.5 Å². The molecular weight excluding hydrogens is 490 g/mol. The minimum Gasteiger partial charge on any atom is -0.390 e. The van der Waals surface area contributed by atoms with Crippen LogP contribution in [-0.2, 0) is 29.0 Å². The molecule has 0 fully saturated rings. The Morgan fingerprint density at radius 3 is 2.16 bits per heavy atom. The van der Waals surface area contributed by atoms with Gasteiger partial charge in [0.15, 0.2) is 0 Å². The highest BCUT2D eigenvalue weighted by Gasteiger charge is 2.30. The van der Waals surface area contributed by atoms with Crippen molar-refractivity contribution in [2.24, 2.45) is 5.73 Å². The number of rotatable bonds is 17. The molecule has 7 nitrogen and oxygen atoms in total. The zero-order valence-corrected chi connectivity index (χ0v) is 22.8. The number of hydrogen-bond donors (Lipinski definition) is 3. The molecule has 0 saturated carbocycles. The van der Waals surface area contributed by atoms with Crippen molar-refractivity contribution in [3.8, 4) is 0 Å². The Morgan fingerprint density at radius 1 is 0.947 bits per heavy atom. The van der Waals surface area contributed by atoms with Crippen molar-refractivity contribution in [2.45, 2.75) is 65.1 Å². The molecule has 2 aromatic rings. The highest BCUT2D eigenvalue weighted by molar-refractivity contribution is 5.80. The third-order valence-electron chi connectivity index (χ3n) is 6.40. The molecule has 2 rings (SSSR count). The molecule has 0 aliphatic rings. The van der Waals surface area contributed by atoms with Gasteiger partial charge in [-0.15, -0.1) is 0 Å². The Kier molecular flexibility index (Phi) is 13.3. The predicted molar refractivity (Wildman–Crippen MR) is 145 cm³/mol. The molecule has 9 heteroatoms. The summed E-state index contributed by atoms with van der Waals surface area (Å²) in [7, 11) is 0. The van der Waals surface area contributed by atoms with Crippen molar-refractivity contribution in [1.29, 1.82) is 0 Å². The van der Waals surface area contributed by atoms with Gasteiger partial charge in [0.05, 0.1) is 19.2 Å². The second-order valence-electron chi connectivity index (χ2n) is 9.67. The number of aliphatic hydroxyl groups is 1. The summed E-state index contributed by atoms with van der Waals surface area (Å²) in [6.45, 7) is 7.37. The molecule has 2 amide bonds. The van der Waals surface area contributed by atoms with Crippen molar-refractivity contribution >= 4 is 11.8 Å². The maximum absolute atomic E-state index is 14.0. The van der Waals surface area contributed by atoms with Crippen molar-refractivity contribution < 1.29 is 23.5 Å². The first kappa shape index (κ1) is 31.3. The molecule has 0 spiro atoms. The highest BCUT2D eigenvalue weighted by atomic mass is 19.1. The molecule has 0 heterocycles. The van der Waals surface area contributed by atoms with Gasteiger partial charge in [0.1, 0.15) is 11.6 Å². The molecule has 0 unspecified atom stereocenters. The molecule has 2 atom stereocenters. The lowest BCUT2D eigenvalue weighted by Gasteiger charge is -2.35. The number of nitrogens with two attached hydrogens (primary N) is 1. The van der Waals surface area contributed by atoms with Gasteiger partial charge in [-0.25, -0.2) is 8.78 Å². The molecule has 38 heavy (non-hydrogen) atoms. The van der Waals surface area contributed by atoms with Gasteiger partial charge in [0.2, 0.25) is 11.8 Å². The summed E-state index contributed by atoms with van der Waals surface area (Å²) < 4.78 is 27.9. The monoisotopic (exact) mass is 532 g/mol. The van der Waals surface area contributed by atoms with Crippen LogP contribution in [0.3, 0.4) is 0 Å². The summed E-state index contributed by atoms with van der Waals surface area (Å²) in [6, 6.07) is 10.5. The van der Waals surface area contributed by atoms with E-state index in [0.29, 0.717) is 25.2 Å². The lowest BCUT2D eigenvalue weighted by Crippen LogP contribution is -2.54. The van der Waals surface area contributed by atoms with Gasteiger partial charge in [0.25, 0.3) is 0 Å². The van der Waals surface area contributed by atoms with Gasteiger partial charge in [-0.2, -0.15) is 0 Å². The molecule has 0 aliphatic heterocycles. The molecule has 0 saturated heterocycles. The zero-order chi connectivity index (χ0) is 28.1. The van der Waals surface area contributed by atoms with Crippen molar-refractivity contribution in [3.63, 3.8) is 0 Å². The molecule has 0 aliphatic carbocycles. The van der Waals surface area contributed by atoms with Gasteiger partial charge in [-0.3, -0.25) is 14.5 Å². The van der Waals surface area contributed by atoms with Crippen LogP contribution < -0.4 is 11.1 Å². The van der Waals surface area contributed by atoms with Gasteiger partial charge < -0.3 is 21.1 Å². The van der Waals surface area contributed by atoms with Crippen molar-refractivity contribution in [2.75, 3.05) is 32.7 Å². The number of nitrogens with zero attached hydrogens (tertiary/aromatic N) is 2. The van der Waals surface area contributed by atoms with E-state index in [1.54, 1.807) is 4.90 Å². The van der Waals surface area contributed by atoms with E-state index in [1.165, 1.54) is 22.6 Å². The Bertz CT molecular complexity index is 1010. The third kappa shape index (κ3) is 10.5. The van der Waals surface area contributed by atoms with Crippen LogP contribution in [-0.4, -0.2) is 71.6 Å². The number of aliphatic hydroxyl groups excluding tert-OH is 1. The lowest BCUT2D eigenvalue weighted by molar-refractivity contribution is -0.134. The number of primary amides is 1. The fourth-order valence-corrected chi connectivity index (χ4v) is 4.60. The van der Waals surface area contributed by atoms with Crippen molar-refractivity contribution in [1.82, 2.24) is 15.1 Å². The van der Waals surface area contributed by atoms with Crippen LogP contribution in [0, 0.1) is 11.6 Å². The molecule has 210 valence electrons. The largest absolute Gasteiger partial charge is 0.390 e. The average Bonchev–Trinajstić information content (AvgIpc) is 2.86. The number of hydrogen-bond acceptors (Lipinski definition) is 5. The fraction of sp³-hybridized carbons (Fsp3) is 0.517. The quantitative estimate of drug-likeness (QED) is 0.291. The minimum atomic E-state index is -1.06. The first-order valence-electron chi connectivity index (χ1n) is 13.4. The van der Waals surface area contributed by atoms with E-state index in [0.717, 1.165) is 30.9 Å². The number of benzene rings is 2. The standard InChI is InChI=1S/C29H42F2N4O3/c1-4-10-34(11-5-2)29(38)20-35(19-28(32)37)26(15-23-13-24(30)16-25(31)14-23)27(36)18-33-17-22-9-7-8-21(6-3)12-22/h7-9,12-14,16,26-27,33,36H,4-6,10-11,15,17-20H2,1-3H3,(H2,32,37)/t26-,27+/m0/s1. The SMILES string of the molecule is CCCN(CCC)C(=O)CN(CC(N)=O)[C@@H](Cc1cc(F)cc(F)c1)[C@H](O)CNCc1cccc(CC)c1. The maximum Gasteiger partial charge on any atom is 0.236 e. The minimum absolute atomic E-state index is 0.0188. The Labute approximate surface area is 225 Å². The summed E-state index contributed by atoms with van der Waals surface area (Å²) in [5.74, 6) is -2.34. The van der Waals surface area contributed by atoms with Gasteiger partial charge in [-0.05, 0) is 54.5 Å². The third-order valence-corrected chi connectivity index (χ3v) is 6.40. The van der Waals surface area contributed by atoms with E-state index in [-0.39, 0.29) is 32.0 Å². The Balaban J connectivity index is 2.28. The molecule has 0 bridgehead atoms. The van der Waals surface area contributed by atoms with E-state index in [1.807, 2.05) is 32.0 Å². The highest BCUT2D eigenvalue weighted by Crippen LogP contribution is 2.17.